The summed E-state index contributed by atoms with van der Waals surface area (Å²) in [5.74, 6) is 1.34. The maximum atomic E-state index is 12.8. The molecule has 0 radical (unpaired) electrons. The Morgan fingerprint density at radius 2 is 1.35 bits per heavy atom. The van der Waals surface area contributed by atoms with E-state index >= 15 is 0 Å². The van der Waals surface area contributed by atoms with Crippen molar-refractivity contribution < 1.29 is 4.79 Å². The SMILES string of the molecule is N[C@@H]1C[C@H](N)CN(c2nc([AsH2])nc(N3C[C@H](N)C[C@H](Nc4ccc5c(c4)-c4ccccc4C5=O)C3)n2)C1. The Labute approximate surface area is 224 Å². The van der Waals surface area contributed by atoms with Crippen molar-refractivity contribution in [2.45, 2.75) is 37.0 Å². The predicted octanol–water partition coefficient (Wildman–Crippen LogP) is -0.776. The normalized spacial score (nSPS) is 25.1. The van der Waals surface area contributed by atoms with Crippen molar-refractivity contribution >= 4 is 44.8 Å². The van der Waals surface area contributed by atoms with E-state index in [1.807, 2.05) is 36.4 Å². The number of nitrogens with two attached hydrogens (primary N) is 3. The molecule has 5 atom stereocenters. The molecular weight excluding hydrogens is 529 g/mol. The van der Waals surface area contributed by atoms with Gasteiger partial charge in [-0.05, 0) is 0 Å². The molecule has 10 nitrogen and oxygen atoms in total. The first-order chi connectivity index (χ1) is 17.8. The number of hydrogen-bond acceptors (Lipinski definition) is 10. The molecule has 3 aliphatic rings. The van der Waals surface area contributed by atoms with Crippen LogP contribution in [0.1, 0.15) is 28.8 Å². The van der Waals surface area contributed by atoms with Crippen molar-refractivity contribution in [3.63, 3.8) is 0 Å². The maximum absolute atomic E-state index is 12.8. The van der Waals surface area contributed by atoms with Gasteiger partial charge in [-0.15, -0.1) is 0 Å². The van der Waals surface area contributed by atoms with Crippen LogP contribution in [0.3, 0.4) is 0 Å². The van der Waals surface area contributed by atoms with Crippen LogP contribution in [-0.4, -0.2) is 87.9 Å². The van der Waals surface area contributed by atoms with Gasteiger partial charge in [0.15, 0.2) is 0 Å². The van der Waals surface area contributed by atoms with Crippen LogP contribution in [0, 0.1) is 0 Å². The Kier molecular flexibility index (Phi) is 6.36. The molecule has 1 aliphatic carbocycles. The summed E-state index contributed by atoms with van der Waals surface area (Å²) >= 11 is 1.35. The minimum atomic E-state index is -0.0363. The van der Waals surface area contributed by atoms with Crippen molar-refractivity contribution in [2.75, 3.05) is 41.3 Å². The standard InChI is InChI=1S/C26H32AsN9O/c27-24-32-25(35-10-14(28)7-15(29)11-35)34-26(33-24)36-12-16(30)8-18(13-36)31-17-5-6-21-22(9-17)19-3-1-2-4-20(19)23(21)37/h1-6,9,14-16,18,31H,7-8,10-13,27-30H2/t14-,15+,16-,18+/m1/s1. The average molecular weight is 562 g/mol. The summed E-state index contributed by atoms with van der Waals surface area (Å²) in [7, 11) is 0. The number of carbonyl (C=O) groups excluding carboxylic acids is 1. The Morgan fingerprint density at radius 3 is 2.05 bits per heavy atom. The fourth-order valence-corrected chi connectivity index (χ4v) is 6.24. The van der Waals surface area contributed by atoms with E-state index in [1.54, 1.807) is 0 Å². The first kappa shape index (κ1) is 24.3. The van der Waals surface area contributed by atoms with Crippen LogP contribution in [0.2, 0.25) is 0 Å². The van der Waals surface area contributed by atoms with Gasteiger partial charge in [-0.3, -0.25) is 4.79 Å². The molecule has 0 amide bonds. The Bertz CT molecular complexity index is 1340. The summed E-state index contributed by atoms with van der Waals surface area (Å²) in [5.41, 5.74) is 23.3. The molecule has 11 heteroatoms. The predicted molar refractivity (Wildman–Crippen MR) is 148 cm³/mol. The van der Waals surface area contributed by atoms with E-state index in [1.165, 1.54) is 16.9 Å². The molecule has 2 aliphatic heterocycles. The van der Waals surface area contributed by atoms with Crippen LogP contribution in [0.5, 0.6) is 0 Å². The minimum absolute atomic E-state index is 0.00125. The average Bonchev–Trinajstić information content (AvgIpc) is 3.14. The number of nitrogens with zero attached hydrogens (tertiary/aromatic N) is 5. The molecule has 1 unspecified atom stereocenters. The van der Waals surface area contributed by atoms with Crippen LogP contribution in [0.25, 0.3) is 11.1 Å². The topological polar surface area (TPSA) is 152 Å². The quantitative estimate of drug-likeness (QED) is 0.234. The Balaban J connectivity index is 1.22. The van der Waals surface area contributed by atoms with Gasteiger partial charge in [0.2, 0.25) is 0 Å². The van der Waals surface area contributed by atoms with E-state index in [4.69, 9.17) is 22.2 Å². The van der Waals surface area contributed by atoms with Crippen molar-refractivity contribution in [3.05, 3.63) is 53.6 Å². The number of aromatic nitrogens is 3. The van der Waals surface area contributed by atoms with Gasteiger partial charge in [0, 0.05) is 0 Å². The van der Waals surface area contributed by atoms with Gasteiger partial charge in [-0.25, -0.2) is 0 Å². The number of benzene rings is 2. The zero-order valence-corrected chi connectivity index (χ0v) is 23.0. The molecule has 3 aromatic rings. The number of carbonyl (C=O) groups is 1. The zero-order chi connectivity index (χ0) is 25.7. The van der Waals surface area contributed by atoms with Crippen LogP contribution in [0.15, 0.2) is 42.5 Å². The summed E-state index contributed by atoms with van der Waals surface area (Å²) in [6, 6.07) is 13.8. The van der Waals surface area contributed by atoms with E-state index in [0.717, 1.165) is 40.8 Å². The fraction of sp³-hybridized carbons (Fsp3) is 0.385. The van der Waals surface area contributed by atoms with Crippen LogP contribution in [-0.2, 0) is 0 Å². The molecule has 1 aromatic heterocycles. The number of anilines is 3. The van der Waals surface area contributed by atoms with Gasteiger partial charge in [0.05, 0.1) is 0 Å². The number of fused-ring (bicyclic) bond motifs is 3. The number of hydrogen-bond donors (Lipinski definition) is 4. The van der Waals surface area contributed by atoms with Crippen molar-refractivity contribution in [2.24, 2.45) is 17.2 Å². The third-order valence-corrected chi connectivity index (χ3v) is 7.83. The molecule has 2 saturated heterocycles. The van der Waals surface area contributed by atoms with E-state index in [9.17, 15) is 4.79 Å². The molecule has 0 saturated carbocycles. The Morgan fingerprint density at radius 1 is 0.757 bits per heavy atom. The molecular formula is C26H32AsN9O. The molecule has 0 spiro atoms. The van der Waals surface area contributed by atoms with Gasteiger partial charge >= 0.3 is 202 Å². The first-order valence-electron chi connectivity index (χ1n) is 12.7. The van der Waals surface area contributed by atoms with Crippen molar-refractivity contribution in [1.29, 1.82) is 0 Å². The monoisotopic (exact) mass is 561 g/mol. The fourth-order valence-electron chi connectivity index (χ4n) is 5.75. The molecule has 192 valence electrons. The van der Waals surface area contributed by atoms with E-state index in [2.05, 4.69) is 31.2 Å². The van der Waals surface area contributed by atoms with Crippen LogP contribution < -0.4 is 36.9 Å². The van der Waals surface area contributed by atoms with Gasteiger partial charge in [0.1, 0.15) is 0 Å². The van der Waals surface area contributed by atoms with Gasteiger partial charge in [-0.1, -0.05) is 18.2 Å². The molecule has 2 aromatic carbocycles. The second kappa shape index (κ2) is 9.68. The third kappa shape index (κ3) is 4.82. The molecule has 2 fully saturated rings. The summed E-state index contributed by atoms with van der Waals surface area (Å²) in [4.78, 5) is 31.0. The number of nitrogens with one attached hydrogen (secondary N) is 1. The number of rotatable bonds is 4. The van der Waals surface area contributed by atoms with Gasteiger partial charge in [-0.2, -0.15) is 0 Å². The second-order valence-electron chi connectivity index (χ2n) is 10.3. The molecule has 37 heavy (non-hydrogen) atoms. The number of ketones is 1. The van der Waals surface area contributed by atoms with Gasteiger partial charge in [0.25, 0.3) is 0 Å². The first-order valence-corrected chi connectivity index (χ1v) is 13.9. The zero-order valence-electron chi connectivity index (χ0n) is 20.5. The Hall–Kier alpha value is -3.04. The molecule has 7 N–H and O–H groups in total. The summed E-state index contributed by atoms with van der Waals surface area (Å²) in [6.45, 7) is 2.73. The van der Waals surface area contributed by atoms with Crippen LogP contribution >= 0.6 is 0 Å². The third-order valence-electron chi connectivity index (χ3n) is 7.29. The summed E-state index contributed by atoms with van der Waals surface area (Å²) < 4.78 is 0.714. The van der Waals surface area contributed by atoms with E-state index in [0.29, 0.717) is 42.7 Å². The molecule has 6 rings (SSSR count). The second-order valence-corrected chi connectivity index (χ2v) is 11.4. The summed E-state index contributed by atoms with van der Waals surface area (Å²) in [5, 5.41) is 3.65. The van der Waals surface area contributed by atoms with Crippen molar-refractivity contribution in [1.82, 2.24) is 15.0 Å². The molecule has 0 bridgehead atoms. The van der Waals surface area contributed by atoms with Crippen LogP contribution in [0.4, 0.5) is 17.6 Å². The van der Waals surface area contributed by atoms with E-state index < -0.39 is 0 Å². The van der Waals surface area contributed by atoms with Crippen molar-refractivity contribution in [3.8, 4) is 11.1 Å². The molecule has 3 heterocycles. The van der Waals surface area contributed by atoms with E-state index in [-0.39, 0.29) is 30.0 Å². The summed E-state index contributed by atoms with van der Waals surface area (Å²) in [6.07, 6.45) is 1.62. The number of piperidine rings is 2. The van der Waals surface area contributed by atoms with Gasteiger partial charge < -0.3 is 0 Å².